The fourth-order valence-electron chi connectivity index (χ4n) is 2.49. The average Bonchev–Trinajstić information content (AvgIpc) is 2.90. The van der Waals surface area contributed by atoms with Crippen molar-refractivity contribution in [2.24, 2.45) is 0 Å². The van der Waals surface area contributed by atoms with E-state index < -0.39 is 35.3 Å². The third kappa shape index (κ3) is 5.07. The van der Waals surface area contributed by atoms with Crippen LogP contribution in [-0.4, -0.2) is 28.5 Å². The van der Waals surface area contributed by atoms with Crippen molar-refractivity contribution in [1.82, 2.24) is 4.90 Å². The fraction of sp³-hybridized carbons (Fsp3) is 0.105. The Morgan fingerprint density at radius 3 is 2.55 bits per heavy atom. The number of thioether (sulfide) groups is 1. The van der Waals surface area contributed by atoms with E-state index >= 15 is 0 Å². The summed E-state index contributed by atoms with van der Waals surface area (Å²) < 4.78 is 39.1. The number of alkyl halides is 3. The highest BCUT2D eigenvalue weighted by atomic mass is 79.9. The SMILES string of the molecule is O=C(CN1C(=O)S/C(=C/c2cccc(C(F)(F)F)c2)C1=O)Nc1ccccc1Br. The van der Waals surface area contributed by atoms with Gasteiger partial charge in [0.1, 0.15) is 6.54 Å². The molecule has 1 heterocycles. The molecule has 0 bridgehead atoms. The van der Waals surface area contributed by atoms with E-state index in [4.69, 9.17) is 0 Å². The molecule has 3 rings (SSSR count). The molecule has 1 aliphatic heterocycles. The summed E-state index contributed by atoms with van der Waals surface area (Å²) in [7, 11) is 0. The first-order valence-corrected chi connectivity index (χ1v) is 9.73. The standard InChI is InChI=1S/C19H12BrF3N2O3S/c20-13-6-1-2-7-14(13)24-16(26)10-25-17(27)15(29-18(25)28)9-11-4-3-5-12(8-11)19(21,22)23/h1-9H,10H2,(H,24,26)/b15-9+. The maximum atomic E-state index is 12.8. The van der Waals surface area contributed by atoms with E-state index in [2.05, 4.69) is 21.2 Å². The normalized spacial score (nSPS) is 15.9. The quantitative estimate of drug-likeness (QED) is 0.609. The first-order valence-electron chi connectivity index (χ1n) is 8.12. The van der Waals surface area contributed by atoms with Gasteiger partial charge in [0, 0.05) is 4.47 Å². The molecule has 150 valence electrons. The number of benzene rings is 2. The molecule has 1 saturated heterocycles. The van der Waals surface area contributed by atoms with E-state index in [9.17, 15) is 27.6 Å². The van der Waals surface area contributed by atoms with Gasteiger partial charge in [0.25, 0.3) is 11.1 Å². The Morgan fingerprint density at radius 2 is 1.86 bits per heavy atom. The van der Waals surface area contributed by atoms with E-state index in [0.29, 0.717) is 21.9 Å². The Balaban J connectivity index is 1.73. The van der Waals surface area contributed by atoms with Crippen molar-refractivity contribution in [3.8, 4) is 0 Å². The molecule has 0 spiro atoms. The predicted octanol–water partition coefficient (Wildman–Crippen LogP) is 5.14. The van der Waals surface area contributed by atoms with Crippen molar-refractivity contribution in [3.05, 3.63) is 69.0 Å². The lowest BCUT2D eigenvalue weighted by Crippen LogP contribution is -2.36. The van der Waals surface area contributed by atoms with Crippen LogP contribution in [0.4, 0.5) is 23.7 Å². The highest BCUT2D eigenvalue weighted by Crippen LogP contribution is 2.34. The summed E-state index contributed by atoms with van der Waals surface area (Å²) in [5.41, 5.74) is -0.259. The number of nitrogens with zero attached hydrogens (tertiary/aromatic N) is 1. The van der Waals surface area contributed by atoms with Gasteiger partial charge in [-0.2, -0.15) is 13.2 Å². The average molecular weight is 485 g/mol. The molecule has 0 radical (unpaired) electrons. The van der Waals surface area contributed by atoms with Crippen LogP contribution in [0.25, 0.3) is 6.08 Å². The molecular formula is C19H12BrF3N2O3S. The maximum absolute atomic E-state index is 12.8. The summed E-state index contributed by atoms with van der Waals surface area (Å²) in [6, 6.07) is 11.2. The molecule has 1 aliphatic rings. The van der Waals surface area contributed by atoms with E-state index in [1.54, 1.807) is 24.3 Å². The Hall–Kier alpha value is -2.59. The zero-order chi connectivity index (χ0) is 21.2. The van der Waals surface area contributed by atoms with E-state index in [0.717, 1.165) is 17.0 Å². The first kappa shape index (κ1) is 21.1. The Kier molecular flexibility index (Phi) is 6.13. The lowest BCUT2D eigenvalue weighted by Gasteiger charge is -2.13. The highest BCUT2D eigenvalue weighted by molar-refractivity contribution is 9.10. The lowest BCUT2D eigenvalue weighted by molar-refractivity contribution is -0.137. The number of nitrogens with one attached hydrogen (secondary N) is 1. The predicted molar refractivity (Wildman–Crippen MR) is 107 cm³/mol. The Labute approximate surface area is 176 Å². The highest BCUT2D eigenvalue weighted by Gasteiger charge is 2.36. The Bertz CT molecular complexity index is 1020. The van der Waals surface area contributed by atoms with Crippen molar-refractivity contribution >= 4 is 56.5 Å². The number of hydrogen-bond acceptors (Lipinski definition) is 4. The maximum Gasteiger partial charge on any atom is 0.416 e. The van der Waals surface area contributed by atoms with Gasteiger partial charge in [-0.15, -0.1) is 0 Å². The molecule has 0 atom stereocenters. The molecule has 2 aromatic carbocycles. The van der Waals surface area contributed by atoms with E-state index in [1.807, 2.05) is 0 Å². The van der Waals surface area contributed by atoms with Crippen molar-refractivity contribution in [2.45, 2.75) is 6.18 Å². The summed E-state index contributed by atoms with van der Waals surface area (Å²) in [4.78, 5) is 37.5. The number of rotatable bonds is 4. The smallest absolute Gasteiger partial charge is 0.324 e. The van der Waals surface area contributed by atoms with Gasteiger partial charge in [0.2, 0.25) is 5.91 Å². The van der Waals surface area contributed by atoms with Crippen LogP contribution in [0.3, 0.4) is 0 Å². The van der Waals surface area contributed by atoms with Gasteiger partial charge in [-0.3, -0.25) is 19.3 Å². The second-order valence-electron chi connectivity index (χ2n) is 5.92. The molecular weight excluding hydrogens is 473 g/mol. The minimum atomic E-state index is -4.52. The number of para-hydroxylation sites is 1. The van der Waals surface area contributed by atoms with Crippen LogP contribution in [0.15, 0.2) is 57.9 Å². The largest absolute Gasteiger partial charge is 0.416 e. The van der Waals surface area contributed by atoms with Crippen LogP contribution in [0, 0.1) is 0 Å². The van der Waals surface area contributed by atoms with Crippen molar-refractivity contribution in [2.75, 3.05) is 11.9 Å². The first-order chi connectivity index (χ1) is 13.6. The van der Waals surface area contributed by atoms with Crippen LogP contribution in [-0.2, 0) is 15.8 Å². The number of imide groups is 1. The number of hydrogen-bond donors (Lipinski definition) is 1. The molecule has 1 N–H and O–H groups in total. The van der Waals surface area contributed by atoms with Crippen LogP contribution >= 0.6 is 27.7 Å². The molecule has 0 unspecified atom stereocenters. The topological polar surface area (TPSA) is 66.5 Å². The third-order valence-corrected chi connectivity index (χ3v) is 5.43. The summed E-state index contributed by atoms with van der Waals surface area (Å²) in [5, 5.41) is 1.91. The number of anilines is 1. The molecule has 10 heteroatoms. The zero-order valence-electron chi connectivity index (χ0n) is 14.5. The minimum absolute atomic E-state index is 0.0528. The lowest BCUT2D eigenvalue weighted by atomic mass is 10.1. The summed E-state index contributed by atoms with van der Waals surface area (Å²) in [6.45, 7) is -0.508. The number of halogens is 4. The molecule has 5 nitrogen and oxygen atoms in total. The van der Waals surface area contributed by atoms with Crippen LogP contribution in [0.5, 0.6) is 0 Å². The van der Waals surface area contributed by atoms with Crippen molar-refractivity contribution < 1.29 is 27.6 Å². The summed E-state index contributed by atoms with van der Waals surface area (Å²) >= 11 is 3.84. The molecule has 3 amide bonds. The molecule has 0 saturated carbocycles. The van der Waals surface area contributed by atoms with E-state index in [1.165, 1.54) is 18.2 Å². The molecule has 0 aromatic heterocycles. The molecule has 0 aliphatic carbocycles. The van der Waals surface area contributed by atoms with Crippen LogP contribution < -0.4 is 5.32 Å². The molecule has 2 aromatic rings. The summed E-state index contributed by atoms with van der Waals surface area (Å²) in [6.07, 6.45) is -3.32. The zero-order valence-corrected chi connectivity index (χ0v) is 16.9. The molecule has 1 fully saturated rings. The van der Waals surface area contributed by atoms with Gasteiger partial charge in [0.15, 0.2) is 0 Å². The van der Waals surface area contributed by atoms with Crippen molar-refractivity contribution in [1.29, 1.82) is 0 Å². The van der Waals surface area contributed by atoms with Gasteiger partial charge in [-0.1, -0.05) is 24.3 Å². The monoisotopic (exact) mass is 484 g/mol. The van der Waals surface area contributed by atoms with Crippen LogP contribution in [0.1, 0.15) is 11.1 Å². The number of carbonyl (C=O) groups is 3. The molecule has 29 heavy (non-hydrogen) atoms. The van der Waals surface area contributed by atoms with Gasteiger partial charge < -0.3 is 5.32 Å². The fourth-order valence-corrected chi connectivity index (χ4v) is 3.71. The third-order valence-electron chi connectivity index (χ3n) is 3.83. The second kappa shape index (κ2) is 8.42. The summed E-state index contributed by atoms with van der Waals surface area (Å²) in [5.74, 6) is -1.32. The Morgan fingerprint density at radius 1 is 1.14 bits per heavy atom. The minimum Gasteiger partial charge on any atom is -0.324 e. The van der Waals surface area contributed by atoms with Gasteiger partial charge in [-0.05, 0) is 63.6 Å². The van der Waals surface area contributed by atoms with Crippen molar-refractivity contribution in [3.63, 3.8) is 0 Å². The van der Waals surface area contributed by atoms with Crippen LogP contribution in [0.2, 0.25) is 0 Å². The number of amides is 3. The van der Waals surface area contributed by atoms with Gasteiger partial charge in [-0.25, -0.2) is 0 Å². The van der Waals surface area contributed by atoms with Gasteiger partial charge in [0.05, 0.1) is 16.2 Å². The van der Waals surface area contributed by atoms with Gasteiger partial charge >= 0.3 is 6.18 Å². The number of carbonyl (C=O) groups excluding carboxylic acids is 3. The second-order valence-corrected chi connectivity index (χ2v) is 7.77. The van der Waals surface area contributed by atoms with E-state index in [-0.39, 0.29) is 10.5 Å².